The lowest BCUT2D eigenvalue weighted by molar-refractivity contribution is 0.0945. The Morgan fingerprint density at radius 2 is 1.66 bits per heavy atom. The van der Waals surface area contributed by atoms with Gasteiger partial charge in [0.1, 0.15) is 11.2 Å². The summed E-state index contributed by atoms with van der Waals surface area (Å²) in [4.78, 5) is 41.3. The van der Waals surface area contributed by atoms with Crippen LogP contribution in [0.1, 0.15) is 32.0 Å². The lowest BCUT2D eigenvalue weighted by atomic mass is 10.0. The minimum absolute atomic E-state index is 0.207. The largest absolute Gasteiger partial charge is 0.397 e. The first-order chi connectivity index (χ1) is 18.3. The summed E-state index contributed by atoms with van der Waals surface area (Å²) in [5.74, 6) is -0.609. The molecule has 3 aromatic carbocycles. The highest BCUT2D eigenvalue weighted by molar-refractivity contribution is 6.06. The number of nitrogens with zero attached hydrogens (tertiary/aromatic N) is 1. The number of carbonyl (C=O) groups excluding carboxylic acids is 2. The quantitative estimate of drug-likeness (QED) is 0.252. The summed E-state index contributed by atoms with van der Waals surface area (Å²) in [5, 5.41) is 6.36. The maximum atomic E-state index is 13.0. The fourth-order valence-corrected chi connectivity index (χ4v) is 4.28. The predicted molar refractivity (Wildman–Crippen MR) is 150 cm³/mol. The van der Waals surface area contributed by atoms with Gasteiger partial charge in [-0.3, -0.25) is 14.4 Å². The molecule has 2 amide bonds. The van der Waals surface area contributed by atoms with Crippen LogP contribution < -0.4 is 21.9 Å². The molecule has 0 atom stereocenters. The number of fused-ring (bicyclic) bond motifs is 1. The third-order valence-electron chi connectivity index (χ3n) is 6.45. The van der Waals surface area contributed by atoms with Crippen LogP contribution >= 0.6 is 0 Å². The van der Waals surface area contributed by atoms with Gasteiger partial charge in [-0.05, 0) is 48.4 Å². The molecule has 0 bridgehead atoms. The molecular weight excluding hydrogens is 478 g/mol. The van der Waals surface area contributed by atoms with Crippen LogP contribution in [-0.4, -0.2) is 21.4 Å². The van der Waals surface area contributed by atoms with E-state index in [4.69, 9.17) is 5.73 Å². The van der Waals surface area contributed by atoms with Gasteiger partial charge in [-0.2, -0.15) is 0 Å². The molecule has 190 valence electrons. The second kappa shape index (κ2) is 10.1. The molecule has 0 saturated heterocycles. The monoisotopic (exact) mass is 505 g/mol. The van der Waals surface area contributed by atoms with E-state index in [9.17, 15) is 14.4 Å². The number of para-hydroxylation sites is 2. The molecule has 0 aliphatic heterocycles. The molecule has 0 saturated carbocycles. The number of carbonyl (C=O) groups is 2. The average Bonchev–Trinajstić information content (AvgIpc) is 3.37. The fourth-order valence-electron chi connectivity index (χ4n) is 4.28. The van der Waals surface area contributed by atoms with Crippen molar-refractivity contribution in [3.05, 3.63) is 118 Å². The molecule has 5 aromatic rings. The van der Waals surface area contributed by atoms with E-state index in [1.54, 1.807) is 67.8 Å². The number of benzene rings is 3. The van der Waals surface area contributed by atoms with Gasteiger partial charge >= 0.3 is 0 Å². The summed E-state index contributed by atoms with van der Waals surface area (Å²) in [5.41, 5.74) is 11.7. The Morgan fingerprint density at radius 1 is 0.947 bits per heavy atom. The number of aromatic amines is 1. The molecule has 0 fully saturated rings. The SMILES string of the molecule is Cc1ccc(-c2cn(C)c(=O)c3[nH]c(C(=O)NCc4ccc(C(=O)Nc5ccccc5N)cc4)cc23)cc1. The topological polar surface area (TPSA) is 122 Å². The Hall–Kier alpha value is -5.11. The lowest BCUT2D eigenvalue weighted by Crippen LogP contribution is -2.23. The third kappa shape index (κ3) is 4.92. The molecule has 0 spiro atoms. The average molecular weight is 506 g/mol. The normalized spacial score (nSPS) is 10.9. The van der Waals surface area contributed by atoms with E-state index in [1.165, 1.54) is 4.57 Å². The van der Waals surface area contributed by atoms with Gasteiger partial charge in [-0.25, -0.2) is 0 Å². The van der Waals surface area contributed by atoms with Crippen LogP contribution in [0.4, 0.5) is 11.4 Å². The van der Waals surface area contributed by atoms with Gasteiger partial charge in [-0.1, -0.05) is 54.1 Å². The van der Waals surface area contributed by atoms with Gasteiger partial charge in [-0.15, -0.1) is 0 Å². The second-order valence-corrected chi connectivity index (χ2v) is 9.22. The van der Waals surface area contributed by atoms with E-state index in [1.807, 2.05) is 31.2 Å². The number of hydrogen-bond donors (Lipinski definition) is 4. The van der Waals surface area contributed by atoms with Gasteiger partial charge in [0, 0.05) is 36.3 Å². The fraction of sp³-hybridized carbons (Fsp3) is 0.100. The number of nitrogens with one attached hydrogen (secondary N) is 3. The van der Waals surface area contributed by atoms with E-state index in [0.717, 1.165) is 22.3 Å². The summed E-state index contributed by atoms with van der Waals surface area (Å²) in [7, 11) is 1.69. The summed E-state index contributed by atoms with van der Waals surface area (Å²) < 4.78 is 1.51. The Balaban J connectivity index is 1.30. The molecule has 0 aliphatic rings. The van der Waals surface area contributed by atoms with Gasteiger partial charge in [0.2, 0.25) is 0 Å². The molecule has 2 heterocycles. The first kappa shape index (κ1) is 24.6. The van der Waals surface area contributed by atoms with Gasteiger partial charge in [0.15, 0.2) is 0 Å². The number of nitrogen functional groups attached to an aromatic ring is 1. The number of anilines is 2. The van der Waals surface area contributed by atoms with Crippen molar-refractivity contribution >= 4 is 34.1 Å². The van der Waals surface area contributed by atoms with E-state index < -0.39 is 0 Å². The van der Waals surface area contributed by atoms with Gasteiger partial charge in [0.05, 0.1) is 11.4 Å². The summed E-state index contributed by atoms with van der Waals surface area (Å²) >= 11 is 0. The maximum absolute atomic E-state index is 13.0. The molecule has 38 heavy (non-hydrogen) atoms. The smallest absolute Gasteiger partial charge is 0.274 e. The summed E-state index contributed by atoms with van der Waals surface area (Å²) in [6.07, 6.45) is 1.79. The van der Waals surface area contributed by atoms with Crippen molar-refractivity contribution in [3.63, 3.8) is 0 Å². The molecule has 0 unspecified atom stereocenters. The van der Waals surface area contributed by atoms with Crippen LogP contribution in [0.5, 0.6) is 0 Å². The van der Waals surface area contributed by atoms with Crippen LogP contribution in [0, 0.1) is 6.92 Å². The highest BCUT2D eigenvalue weighted by Crippen LogP contribution is 2.28. The Bertz CT molecular complexity index is 1710. The van der Waals surface area contributed by atoms with Crippen LogP contribution in [0.15, 0.2) is 89.9 Å². The van der Waals surface area contributed by atoms with Crippen molar-refractivity contribution in [3.8, 4) is 11.1 Å². The molecule has 5 rings (SSSR count). The standard InChI is InChI=1S/C30H27N5O3/c1-18-7-11-20(12-8-18)23-17-35(2)30(38)27-22(23)15-26(33-27)29(37)32-16-19-9-13-21(14-10-19)28(36)34-25-6-4-3-5-24(25)31/h3-15,17,33H,16,31H2,1-2H3,(H,32,37)(H,34,36). The van der Waals surface area contributed by atoms with E-state index >= 15 is 0 Å². The van der Waals surface area contributed by atoms with Crippen LogP contribution in [-0.2, 0) is 13.6 Å². The van der Waals surface area contributed by atoms with Crippen molar-refractivity contribution in [2.75, 3.05) is 11.1 Å². The number of hydrogen-bond acceptors (Lipinski definition) is 4. The van der Waals surface area contributed by atoms with Crippen LogP contribution in [0.3, 0.4) is 0 Å². The van der Waals surface area contributed by atoms with Crippen molar-refractivity contribution in [2.45, 2.75) is 13.5 Å². The van der Waals surface area contributed by atoms with E-state index in [0.29, 0.717) is 33.5 Å². The highest BCUT2D eigenvalue weighted by Gasteiger charge is 2.16. The molecule has 8 heteroatoms. The molecule has 0 aliphatic carbocycles. The number of amides is 2. The second-order valence-electron chi connectivity index (χ2n) is 9.22. The van der Waals surface area contributed by atoms with Crippen molar-refractivity contribution in [1.82, 2.24) is 14.9 Å². The van der Waals surface area contributed by atoms with Crippen molar-refractivity contribution in [1.29, 1.82) is 0 Å². The molecule has 0 radical (unpaired) electrons. The highest BCUT2D eigenvalue weighted by atomic mass is 16.2. The van der Waals surface area contributed by atoms with E-state index in [2.05, 4.69) is 15.6 Å². The lowest BCUT2D eigenvalue weighted by Gasteiger charge is -2.09. The number of aryl methyl sites for hydroxylation is 2. The number of H-pyrrole nitrogens is 1. The zero-order chi connectivity index (χ0) is 26.8. The Kier molecular flexibility index (Phi) is 6.53. The van der Waals surface area contributed by atoms with Crippen LogP contribution in [0.25, 0.3) is 22.0 Å². The number of rotatable bonds is 6. The first-order valence-electron chi connectivity index (χ1n) is 12.1. The number of nitrogens with two attached hydrogens (primary N) is 1. The van der Waals surface area contributed by atoms with E-state index in [-0.39, 0.29) is 23.9 Å². The Morgan fingerprint density at radius 3 is 2.37 bits per heavy atom. The first-order valence-corrected chi connectivity index (χ1v) is 12.1. The van der Waals surface area contributed by atoms with Crippen LogP contribution in [0.2, 0.25) is 0 Å². The number of aromatic nitrogens is 2. The molecule has 5 N–H and O–H groups in total. The molecule has 2 aromatic heterocycles. The third-order valence-corrected chi connectivity index (χ3v) is 6.45. The minimum atomic E-state index is -0.334. The Labute approximate surface area is 219 Å². The van der Waals surface area contributed by atoms with Crippen molar-refractivity contribution in [2.24, 2.45) is 7.05 Å². The zero-order valence-electron chi connectivity index (χ0n) is 21.0. The van der Waals surface area contributed by atoms with Crippen molar-refractivity contribution < 1.29 is 9.59 Å². The molecule has 8 nitrogen and oxygen atoms in total. The predicted octanol–water partition coefficient (Wildman–Crippen LogP) is 4.61. The summed E-state index contributed by atoms with van der Waals surface area (Å²) in [6.45, 7) is 2.27. The maximum Gasteiger partial charge on any atom is 0.274 e. The number of pyridine rings is 1. The van der Waals surface area contributed by atoms with Gasteiger partial charge in [0.25, 0.3) is 17.4 Å². The van der Waals surface area contributed by atoms with Gasteiger partial charge < -0.3 is 25.9 Å². The summed E-state index contributed by atoms with van der Waals surface area (Å²) in [6, 6.07) is 23.7. The zero-order valence-corrected chi connectivity index (χ0v) is 21.0. The minimum Gasteiger partial charge on any atom is -0.397 e. The molecular formula is C30H27N5O3.